The lowest BCUT2D eigenvalue weighted by Gasteiger charge is -2.12. The molecule has 0 radical (unpaired) electrons. The number of pyridine rings is 1. The Bertz CT molecular complexity index is 817. The summed E-state index contributed by atoms with van der Waals surface area (Å²) in [4.78, 5) is 14.8. The Labute approximate surface area is 140 Å². The molecule has 1 amide bonds. The van der Waals surface area contributed by atoms with E-state index >= 15 is 0 Å². The predicted molar refractivity (Wildman–Crippen MR) is 90.1 cm³/mol. The number of sulfonamides is 1. The van der Waals surface area contributed by atoms with Crippen molar-refractivity contribution in [1.29, 1.82) is 0 Å². The fourth-order valence-electron chi connectivity index (χ4n) is 1.99. The van der Waals surface area contributed by atoms with E-state index in [0.717, 1.165) is 0 Å². The molecule has 0 aliphatic rings. The third kappa shape index (κ3) is 4.95. The zero-order chi connectivity index (χ0) is 17.7. The summed E-state index contributed by atoms with van der Waals surface area (Å²) in [6.07, 6.45) is 2.72. The number of nitrogens with one attached hydrogen (secondary N) is 1. The number of nitrogens with two attached hydrogens (primary N) is 1. The van der Waals surface area contributed by atoms with Crippen LogP contribution in [0.15, 0.2) is 47.6 Å². The molecular formula is C16H19N3O4S. The summed E-state index contributed by atoms with van der Waals surface area (Å²) >= 11 is 0. The molecule has 0 fully saturated rings. The molecule has 128 valence electrons. The van der Waals surface area contributed by atoms with Gasteiger partial charge in [-0.2, -0.15) is 0 Å². The average molecular weight is 349 g/mol. The van der Waals surface area contributed by atoms with Gasteiger partial charge in [0, 0.05) is 18.0 Å². The van der Waals surface area contributed by atoms with Gasteiger partial charge in [-0.3, -0.25) is 14.5 Å². The number of anilines is 1. The van der Waals surface area contributed by atoms with E-state index in [2.05, 4.69) is 9.71 Å². The maximum Gasteiger partial charge on any atom is 0.263 e. The van der Waals surface area contributed by atoms with E-state index < -0.39 is 15.9 Å². The van der Waals surface area contributed by atoms with Gasteiger partial charge in [0.25, 0.3) is 10.0 Å². The fraction of sp³-hybridized carbons (Fsp3) is 0.250. The number of carbonyl (C=O) groups excluding carboxylic acids is 1. The molecule has 0 aliphatic carbocycles. The topological polar surface area (TPSA) is 111 Å². The van der Waals surface area contributed by atoms with E-state index in [9.17, 15) is 13.2 Å². The molecule has 0 saturated heterocycles. The fourth-order valence-corrected chi connectivity index (χ4v) is 3.02. The molecule has 7 nitrogen and oxygen atoms in total. The van der Waals surface area contributed by atoms with Crippen LogP contribution in [0, 0.1) is 0 Å². The van der Waals surface area contributed by atoms with Gasteiger partial charge in [0.2, 0.25) is 5.91 Å². The largest absolute Gasteiger partial charge is 0.489 e. The van der Waals surface area contributed by atoms with Gasteiger partial charge in [-0.1, -0.05) is 12.1 Å². The Kier molecular flexibility index (Phi) is 5.40. The highest BCUT2D eigenvalue weighted by Gasteiger charge is 2.16. The van der Waals surface area contributed by atoms with E-state index in [0.29, 0.717) is 17.0 Å². The van der Waals surface area contributed by atoms with E-state index in [4.69, 9.17) is 10.5 Å². The molecule has 0 saturated carbocycles. The van der Waals surface area contributed by atoms with Crippen molar-refractivity contribution in [3.8, 4) is 5.75 Å². The van der Waals surface area contributed by atoms with Crippen molar-refractivity contribution in [2.24, 2.45) is 5.73 Å². The number of benzene rings is 1. The molecule has 2 aromatic rings. The van der Waals surface area contributed by atoms with Crippen LogP contribution in [-0.4, -0.2) is 25.4 Å². The second-order valence-corrected chi connectivity index (χ2v) is 7.15. The lowest BCUT2D eigenvalue weighted by atomic mass is 10.1. The summed E-state index contributed by atoms with van der Waals surface area (Å²) < 4.78 is 32.8. The summed E-state index contributed by atoms with van der Waals surface area (Å²) in [6.45, 7) is 3.68. The lowest BCUT2D eigenvalue weighted by molar-refractivity contribution is -0.117. The molecule has 0 unspecified atom stereocenters. The van der Waals surface area contributed by atoms with Gasteiger partial charge >= 0.3 is 0 Å². The van der Waals surface area contributed by atoms with Gasteiger partial charge < -0.3 is 10.5 Å². The Balaban J connectivity index is 2.17. The standard InChI is InChI=1S/C16H19N3O4S/c1-11(2)23-14-8-15(10-18-9-14)24(21,22)19-13-5-3-12(4-6-13)7-16(17)20/h3-6,8-11,19H,7H2,1-2H3,(H2,17,20). The minimum atomic E-state index is -3.79. The third-order valence-corrected chi connectivity index (χ3v) is 4.30. The number of hydrogen-bond donors (Lipinski definition) is 2. The Hall–Kier alpha value is -2.61. The van der Waals surface area contributed by atoms with Crippen molar-refractivity contribution < 1.29 is 17.9 Å². The first-order chi connectivity index (χ1) is 11.3. The quantitative estimate of drug-likeness (QED) is 0.790. The molecule has 0 atom stereocenters. The average Bonchev–Trinajstić information content (AvgIpc) is 2.48. The van der Waals surface area contributed by atoms with E-state index in [1.54, 1.807) is 24.3 Å². The molecule has 0 bridgehead atoms. The SMILES string of the molecule is CC(C)Oc1cncc(S(=O)(=O)Nc2ccc(CC(N)=O)cc2)c1. The van der Waals surface area contributed by atoms with Crippen LogP contribution in [-0.2, 0) is 21.2 Å². The van der Waals surface area contributed by atoms with E-state index in [1.807, 2.05) is 13.8 Å². The second-order valence-electron chi connectivity index (χ2n) is 5.47. The van der Waals surface area contributed by atoms with Crippen LogP contribution >= 0.6 is 0 Å². The number of carbonyl (C=O) groups is 1. The Morgan fingerprint density at radius 3 is 2.50 bits per heavy atom. The number of aromatic nitrogens is 1. The number of rotatable bonds is 7. The van der Waals surface area contributed by atoms with Crippen LogP contribution in [0.1, 0.15) is 19.4 Å². The summed E-state index contributed by atoms with van der Waals surface area (Å²) in [5.74, 6) is -0.0685. The first-order valence-corrected chi connectivity index (χ1v) is 8.76. The smallest absolute Gasteiger partial charge is 0.263 e. The predicted octanol–water partition coefficient (Wildman–Crippen LogP) is 1.70. The summed E-state index contributed by atoms with van der Waals surface area (Å²) in [5.41, 5.74) is 6.20. The number of amides is 1. The van der Waals surface area contributed by atoms with Crippen molar-refractivity contribution in [3.63, 3.8) is 0 Å². The van der Waals surface area contributed by atoms with Crippen molar-refractivity contribution in [2.75, 3.05) is 4.72 Å². The molecule has 1 aromatic carbocycles. The van der Waals surface area contributed by atoms with Crippen molar-refractivity contribution in [2.45, 2.75) is 31.3 Å². The highest BCUT2D eigenvalue weighted by atomic mass is 32.2. The molecule has 0 spiro atoms. The first-order valence-electron chi connectivity index (χ1n) is 7.28. The van der Waals surface area contributed by atoms with Crippen LogP contribution in [0.25, 0.3) is 0 Å². The normalized spacial score (nSPS) is 11.3. The minimum Gasteiger partial charge on any atom is -0.489 e. The summed E-state index contributed by atoms with van der Waals surface area (Å²) in [5, 5.41) is 0. The summed E-state index contributed by atoms with van der Waals surface area (Å²) in [7, 11) is -3.79. The van der Waals surface area contributed by atoms with Gasteiger partial charge in [-0.15, -0.1) is 0 Å². The molecule has 8 heteroatoms. The van der Waals surface area contributed by atoms with E-state index in [1.165, 1.54) is 18.5 Å². The number of ether oxygens (including phenoxy) is 1. The van der Waals surface area contributed by atoms with Crippen molar-refractivity contribution in [3.05, 3.63) is 48.3 Å². The molecular weight excluding hydrogens is 330 g/mol. The number of hydrogen-bond acceptors (Lipinski definition) is 5. The lowest BCUT2D eigenvalue weighted by Crippen LogP contribution is -2.15. The van der Waals surface area contributed by atoms with Gasteiger partial charge in [-0.05, 0) is 31.5 Å². The van der Waals surface area contributed by atoms with Gasteiger partial charge in [0.05, 0.1) is 18.7 Å². The highest BCUT2D eigenvalue weighted by Crippen LogP contribution is 2.20. The monoisotopic (exact) mass is 349 g/mol. The van der Waals surface area contributed by atoms with Gasteiger partial charge in [-0.25, -0.2) is 8.42 Å². The van der Waals surface area contributed by atoms with Crippen molar-refractivity contribution >= 4 is 21.6 Å². The maximum atomic E-state index is 12.4. The zero-order valence-electron chi connectivity index (χ0n) is 13.4. The number of nitrogens with zero attached hydrogens (tertiary/aromatic N) is 1. The van der Waals surface area contributed by atoms with Crippen LogP contribution in [0.3, 0.4) is 0 Å². The van der Waals surface area contributed by atoms with E-state index in [-0.39, 0.29) is 17.4 Å². The molecule has 3 N–H and O–H groups in total. The van der Waals surface area contributed by atoms with Crippen LogP contribution in [0.4, 0.5) is 5.69 Å². The van der Waals surface area contributed by atoms with Crippen LogP contribution in [0.5, 0.6) is 5.75 Å². The summed E-state index contributed by atoms with van der Waals surface area (Å²) in [6, 6.07) is 7.82. The molecule has 2 rings (SSSR count). The number of primary amides is 1. The van der Waals surface area contributed by atoms with Crippen LogP contribution < -0.4 is 15.2 Å². The highest BCUT2D eigenvalue weighted by molar-refractivity contribution is 7.92. The second kappa shape index (κ2) is 7.31. The Morgan fingerprint density at radius 2 is 1.92 bits per heavy atom. The molecule has 24 heavy (non-hydrogen) atoms. The minimum absolute atomic E-state index is 0.00172. The molecule has 1 aromatic heterocycles. The van der Waals surface area contributed by atoms with Gasteiger partial charge in [0.15, 0.2) is 0 Å². The van der Waals surface area contributed by atoms with Gasteiger partial charge in [0.1, 0.15) is 10.6 Å². The maximum absolute atomic E-state index is 12.4. The first kappa shape index (κ1) is 17.7. The molecule has 0 aliphatic heterocycles. The Morgan fingerprint density at radius 1 is 1.25 bits per heavy atom. The van der Waals surface area contributed by atoms with Crippen molar-refractivity contribution in [1.82, 2.24) is 4.98 Å². The zero-order valence-corrected chi connectivity index (χ0v) is 14.2. The molecule has 1 heterocycles. The third-order valence-electron chi connectivity index (χ3n) is 2.95. The van der Waals surface area contributed by atoms with Crippen LogP contribution in [0.2, 0.25) is 0 Å².